The number of methoxy groups -OCH3 is 1. The maximum Gasteiger partial charge on any atom is 0.255 e. The number of phenolic OH excluding ortho intramolecular Hbond substituents is 1. The molecule has 0 bridgehead atoms. The molecule has 206 valence electrons. The number of hydrogen-bond acceptors (Lipinski definition) is 8. The molecule has 10 heteroatoms. The number of thioether (sulfide) groups is 1. The molecule has 1 aliphatic rings. The molecule has 0 aliphatic carbocycles. The van der Waals surface area contributed by atoms with Crippen LogP contribution in [0.2, 0.25) is 0 Å². The lowest BCUT2D eigenvalue weighted by atomic mass is 9.94. The van der Waals surface area contributed by atoms with Gasteiger partial charge in [0.25, 0.3) is 5.91 Å². The zero-order chi connectivity index (χ0) is 28.2. The fourth-order valence-corrected chi connectivity index (χ4v) is 5.36. The van der Waals surface area contributed by atoms with E-state index in [2.05, 4.69) is 35.8 Å². The van der Waals surface area contributed by atoms with Crippen molar-refractivity contribution >= 4 is 29.3 Å². The summed E-state index contributed by atoms with van der Waals surface area (Å²) in [5.41, 5.74) is 4.85. The topological polar surface area (TPSA) is 111 Å². The number of aromatic hydroxyl groups is 1. The van der Waals surface area contributed by atoms with Gasteiger partial charge in [0.1, 0.15) is 11.8 Å². The Hall–Kier alpha value is -4.44. The highest BCUT2D eigenvalue weighted by atomic mass is 32.2. The van der Waals surface area contributed by atoms with Crippen molar-refractivity contribution < 1.29 is 19.4 Å². The Kier molecular flexibility index (Phi) is 7.97. The first-order chi connectivity index (χ1) is 19.4. The second-order valence-electron chi connectivity index (χ2n) is 9.35. The van der Waals surface area contributed by atoms with Crippen LogP contribution in [0.1, 0.15) is 36.6 Å². The Labute approximate surface area is 237 Å². The minimum Gasteiger partial charge on any atom is -0.504 e. The number of carbonyl (C=O) groups is 1. The number of nitrogens with zero attached hydrogens (tertiary/aromatic N) is 3. The molecule has 3 N–H and O–H groups in total. The van der Waals surface area contributed by atoms with Crippen LogP contribution in [0.3, 0.4) is 0 Å². The molecule has 1 amide bonds. The van der Waals surface area contributed by atoms with E-state index in [0.29, 0.717) is 51.9 Å². The van der Waals surface area contributed by atoms with Crippen LogP contribution in [-0.2, 0) is 10.5 Å². The van der Waals surface area contributed by atoms with E-state index in [1.165, 1.54) is 22.9 Å². The van der Waals surface area contributed by atoms with Crippen LogP contribution < -0.4 is 20.1 Å². The van der Waals surface area contributed by atoms with Crippen LogP contribution in [0.15, 0.2) is 83.2 Å². The van der Waals surface area contributed by atoms with Gasteiger partial charge < -0.3 is 25.2 Å². The number of fused-ring (bicyclic) bond motifs is 1. The van der Waals surface area contributed by atoms with Crippen LogP contribution in [0.25, 0.3) is 0 Å². The molecule has 1 unspecified atom stereocenters. The average molecular weight is 558 g/mol. The molecule has 0 spiro atoms. The third-order valence-corrected chi connectivity index (χ3v) is 7.38. The highest BCUT2D eigenvalue weighted by Gasteiger charge is 2.35. The van der Waals surface area contributed by atoms with Crippen molar-refractivity contribution in [3.63, 3.8) is 0 Å². The summed E-state index contributed by atoms with van der Waals surface area (Å²) in [5, 5.41) is 22.0. The molecular formula is C30H31N5O4S. The molecule has 9 nitrogen and oxygen atoms in total. The minimum atomic E-state index is -0.616. The Morgan fingerprint density at radius 2 is 1.93 bits per heavy atom. The zero-order valence-corrected chi connectivity index (χ0v) is 23.6. The molecule has 0 saturated carbocycles. The van der Waals surface area contributed by atoms with Crippen LogP contribution in [0.4, 0.5) is 11.6 Å². The van der Waals surface area contributed by atoms with Gasteiger partial charge in [-0.05, 0) is 68.3 Å². The maximum absolute atomic E-state index is 13.8. The summed E-state index contributed by atoms with van der Waals surface area (Å²) < 4.78 is 12.6. The van der Waals surface area contributed by atoms with Crippen molar-refractivity contribution in [1.29, 1.82) is 0 Å². The van der Waals surface area contributed by atoms with Crippen LogP contribution in [-0.4, -0.2) is 39.5 Å². The van der Waals surface area contributed by atoms with Gasteiger partial charge in [-0.25, -0.2) is 4.68 Å². The summed E-state index contributed by atoms with van der Waals surface area (Å²) in [4.78, 5) is 18.5. The minimum absolute atomic E-state index is 0.0256. The van der Waals surface area contributed by atoms with Crippen molar-refractivity contribution in [2.45, 2.75) is 37.7 Å². The van der Waals surface area contributed by atoms with Gasteiger partial charge in [0.2, 0.25) is 11.1 Å². The quantitative estimate of drug-likeness (QED) is 0.218. The fourth-order valence-electron chi connectivity index (χ4n) is 4.59. The smallest absolute Gasteiger partial charge is 0.255 e. The maximum atomic E-state index is 13.8. The summed E-state index contributed by atoms with van der Waals surface area (Å²) >= 11 is 1.52. The summed E-state index contributed by atoms with van der Waals surface area (Å²) in [7, 11) is 1.59. The number of nitrogens with one attached hydrogen (secondary N) is 2. The molecule has 1 aliphatic heterocycles. The largest absolute Gasteiger partial charge is 0.504 e. The Bertz CT molecular complexity index is 1560. The lowest BCUT2D eigenvalue weighted by Crippen LogP contribution is -2.31. The van der Waals surface area contributed by atoms with E-state index in [-0.39, 0.29) is 11.7 Å². The highest BCUT2D eigenvalue weighted by Crippen LogP contribution is 2.40. The van der Waals surface area contributed by atoms with E-state index in [1.807, 2.05) is 19.9 Å². The van der Waals surface area contributed by atoms with Gasteiger partial charge >= 0.3 is 0 Å². The van der Waals surface area contributed by atoms with E-state index >= 15 is 0 Å². The van der Waals surface area contributed by atoms with E-state index in [4.69, 9.17) is 19.6 Å². The number of anilines is 2. The number of phenols is 1. The molecule has 0 radical (unpaired) electrons. The molecule has 0 saturated heterocycles. The normalized spacial score (nSPS) is 14.3. The van der Waals surface area contributed by atoms with E-state index in [9.17, 15) is 9.90 Å². The van der Waals surface area contributed by atoms with E-state index < -0.39 is 6.04 Å². The molecule has 1 atom stereocenters. The van der Waals surface area contributed by atoms with Crippen LogP contribution >= 0.6 is 11.8 Å². The van der Waals surface area contributed by atoms with Gasteiger partial charge in [-0.2, -0.15) is 4.98 Å². The fraction of sp³-hybridized carbons (Fsp3) is 0.233. The summed E-state index contributed by atoms with van der Waals surface area (Å²) in [6.45, 7) is 6.15. The van der Waals surface area contributed by atoms with Crippen molar-refractivity contribution in [3.05, 3.63) is 94.7 Å². The number of carbonyl (C=O) groups excluding carboxylic acids is 1. The predicted octanol–water partition coefficient (Wildman–Crippen LogP) is 5.92. The van der Waals surface area contributed by atoms with Crippen molar-refractivity contribution in [3.8, 4) is 17.2 Å². The van der Waals surface area contributed by atoms with Gasteiger partial charge in [0.15, 0.2) is 11.5 Å². The molecule has 2 heterocycles. The van der Waals surface area contributed by atoms with Gasteiger partial charge in [-0.3, -0.25) is 4.79 Å². The lowest BCUT2D eigenvalue weighted by molar-refractivity contribution is -0.113. The van der Waals surface area contributed by atoms with Gasteiger partial charge in [0.05, 0.1) is 19.3 Å². The molecule has 4 aromatic rings. The Balaban J connectivity index is 1.51. The molecule has 5 rings (SSSR count). The number of rotatable bonds is 9. The second-order valence-corrected chi connectivity index (χ2v) is 10.3. The van der Waals surface area contributed by atoms with Crippen molar-refractivity contribution in [1.82, 2.24) is 14.8 Å². The molecule has 3 aromatic carbocycles. The van der Waals surface area contributed by atoms with Crippen LogP contribution in [0.5, 0.6) is 17.2 Å². The first kappa shape index (κ1) is 27.1. The number of aromatic nitrogens is 3. The first-order valence-corrected chi connectivity index (χ1v) is 13.9. The molecular weight excluding hydrogens is 526 g/mol. The molecule has 40 heavy (non-hydrogen) atoms. The zero-order valence-electron chi connectivity index (χ0n) is 22.8. The number of hydrogen-bond donors (Lipinski definition) is 3. The Morgan fingerprint density at radius 1 is 1.12 bits per heavy atom. The van der Waals surface area contributed by atoms with Gasteiger partial charge in [-0.15, -0.1) is 5.10 Å². The number of aryl methyl sites for hydroxylation is 1. The third-order valence-electron chi connectivity index (χ3n) is 6.48. The Morgan fingerprint density at radius 3 is 2.65 bits per heavy atom. The summed E-state index contributed by atoms with van der Waals surface area (Å²) in [6, 6.07) is 19.9. The molecule has 0 fully saturated rings. The van der Waals surface area contributed by atoms with Crippen LogP contribution in [0, 0.1) is 6.92 Å². The van der Waals surface area contributed by atoms with E-state index in [0.717, 1.165) is 5.56 Å². The SMILES string of the molecule is CCOc1cc(C2C(C(=O)Nc3ccc(OC)cc3)=C(C)Nc3nc(SCc4cccc(C)c4)nn32)ccc1O. The second kappa shape index (κ2) is 11.7. The van der Waals surface area contributed by atoms with Gasteiger partial charge in [0, 0.05) is 17.1 Å². The van der Waals surface area contributed by atoms with Crippen molar-refractivity contribution in [2.24, 2.45) is 0 Å². The number of amides is 1. The monoisotopic (exact) mass is 557 g/mol. The first-order valence-electron chi connectivity index (χ1n) is 12.9. The number of allylic oxidation sites excluding steroid dienone is 1. The predicted molar refractivity (Wildman–Crippen MR) is 156 cm³/mol. The summed E-state index contributed by atoms with van der Waals surface area (Å²) in [6.07, 6.45) is 0. The van der Waals surface area contributed by atoms with Crippen molar-refractivity contribution in [2.75, 3.05) is 24.4 Å². The third kappa shape index (κ3) is 5.76. The van der Waals surface area contributed by atoms with Gasteiger partial charge in [-0.1, -0.05) is 47.7 Å². The number of ether oxygens (including phenoxy) is 2. The summed E-state index contributed by atoms with van der Waals surface area (Å²) in [5.74, 6) is 2.00. The lowest BCUT2D eigenvalue weighted by Gasteiger charge is -2.29. The molecule has 1 aromatic heterocycles. The standard InChI is InChI=1S/C30H31N5O4S/c1-5-39-25-16-21(9-14-24(25)36)27-26(28(37)32-22-10-12-23(38-4)13-11-22)19(3)31-29-33-30(34-35(27)29)40-17-20-8-6-7-18(2)15-20/h6-16,27,36H,5,17H2,1-4H3,(H,32,37)(H,31,33,34). The van der Waals surface area contributed by atoms with E-state index in [1.54, 1.807) is 54.3 Å². The number of benzene rings is 3. The highest BCUT2D eigenvalue weighted by molar-refractivity contribution is 7.98. The average Bonchev–Trinajstić information content (AvgIpc) is 3.35.